The molecule has 21 heavy (non-hydrogen) atoms. The first kappa shape index (κ1) is 14.2. The molecule has 1 aliphatic heterocycles. The summed E-state index contributed by atoms with van der Waals surface area (Å²) in [7, 11) is 0. The molecule has 0 bridgehead atoms. The number of nitrogen functional groups attached to an aromatic ring is 1. The largest absolute Gasteiger partial charge is 0.396 e. The molecular weight excluding hydrogens is 282 g/mol. The fourth-order valence-corrected chi connectivity index (χ4v) is 3.13. The first-order valence-corrected chi connectivity index (χ1v) is 7.81. The molecule has 1 aromatic carbocycles. The predicted molar refractivity (Wildman–Crippen MR) is 88.7 cm³/mol. The number of nitrogens with two attached hydrogens (primary N) is 1. The topological polar surface area (TPSA) is 42.1 Å². The van der Waals surface area contributed by atoms with Crippen molar-refractivity contribution in [1.82, 2.24) is 4.98 Å². The summed E-state index contributed by atoms with van der Waals surface area (Å²) < 4.78 is 0. The van der Waals surface area contributed by atoms with E-state index >= 15 is 0 Å². The molecule has 3 nitrogen and oxygen atoms in total. The van der Waals surface area contributed by atoms with Crippen LogP contribution in [0.15, 0.2) is 42.5 Å². The number of pyridine rings is 1. The number of anilines is 2. The molecule has 0 radical (unpaired) electrons. The third-order valence-electron chi connectivity index (χ3n) is 4.15. The minimum absolute atomic E-state index is 0.505. The van der Waals surface area contributed by atoms with E-state index in [2.05, 4.69) is 40.2 Å². The van der Waals surface area contributed by atoms with Gasteiger partial charge >= 0.3 is 0 Å². The molecule has 0 amide bonds. The van der Waals surface area contributed by atoms with Crippen molar-refractivity contribution in [3.63, 3.8) is 0 Å². The maximum absolute atomic E-state index is 6.02. The second-order valence-corrected chi connectivity index (χ2v) is 6.05. The number of hydrogen-bond acceptors (Lipinski definition) is 3. The number of benzene rings is 1. The van der Waals surface area contributed by atoms with Crippen LogP contribution in [0.1, 0.15) is 18.4 Å². The molecule has 2 aromatic rings. The first-order valence-electron chi connectivity index (χ1n) is 7.43. The Hall–Kier alpha value is -1.74. The molecule has 110 valence electrons. The van der Waals surface area contributed by atoms with E-state index in [1.807, 2.05) is 6.07 Å². The SMILES string of the molecule is Nc1ccc(Cl)nc1N1CCC(Cc2ccccc2)CC1. The van der Waals surface area contributed by atoms with Gasteiger partial charge in [0.05, 0.1) is 5.69 Å². The van der Waals surface area contributed by atoms with Gasteiger partial charge in [-0.15, -0.1) is 0 Å². The van der Waals surface area contributed by atoms with Crippen molar-refractivity contribution in [2.45, 2.75) is 19.3 Å². The second-order valence-electron chi connectivity index (χ2n) is 5.67. The lowest BCUT2D eigenvalue weighted by Gasteiger charge is -2.33. The normalized spacial score (nSPS) is 16.1. The number of piperidine rings is 1. The smallest absolute Gasteiger partial charge is 0.153 e. The molecule has 2 N–H and O–H groups in total. The van der Waals surface area contributed by atoms with Crippen molar-refractivity contribution in [2.75, 3.05) is 23.7 Å². The van der Waals surface area contributed by atoms with E-state index in [9.17, 15) is 0 Å². The predicted octanol–water partition coefficient (Wildman–Crippen LogP) is 3.78. The van der Waals surface area contributed by atoms with Gasteiger partial charge in [0, 0.05) is 13.1 Å². The van der Waals surface area contributed by atoms with Crippen molar-refractivity contribution < 1.29 is 0 Å². The Kier molecular flexibility index (Phi) is 4.30. The van der Waals surface area contributed by atoms with Crippen LogP contribution in [0.3, 0.4) is 0 Å². The van der Waals surface area contributed by atoms with Crippen molar-refractivity contribution in [1.29, 1.82) is 0 Å². The lowest BCUT2D eigenvalue weighted by molar-refractivity contribution is 0.402. The van der Waals surface area contributed by atoms with Crippen molar-refractivity contribution in [2.24, 2.45) is 5.92 Å². The fourth-order valence-electron chi connectivity index (χ4n) is 2.99. The van der Waals surface area contributed by atoms with Crippen molar-refractivity contribution in [3.8, 4) is 0 Å². The van der Waals surface area contributed by atoms with Crippen LogP contribution in [-0.4, -0.2) is 18.1 Å². The van der Waals surface area contributed by atoms with Gasteiger partial charge in [-0.3, -0.25) is 0 Å². The summed E-state index contributed by atoms with van der Waals surface area (Å²) in [4.78, 5) is 6.62. The average molecular weight is 302 g/mol. The first-order chi connectivity index (χ1) is 10.2. The van der Waals surface area contributed by atoms with E-state index in [1.54, 1.807) is 6.07 Å². The summed E-state index contributed by atoms with van der Waals surface area (Å²) in [5.74, 6) is 1.57. The third-order valence-corrected chi connectivity index (χ3v) is 4.36. The Morgan fingerprint density at radius 3 is 2.52 bits per heavy atom. The third kappa shape index (κ3) is 3.48. The Balaban J connectivity index is 1.61. The molecule has 2 heterocycles. The second kappa shape index (κ2) is 6.35. The van der Waals surface area contributed by atoms with Gasteiger partial charge in [-0.05, 0) is 42.9 Å². The Morgan fingerprint density at radius 2 is 1.81 bits per heavy atom. The highest BCUT2D eigenvalue weighted by Gasteiger charge is 2.21. The number of nitrogens with zero attached hydrogens (tertiary/aromatic N) is 2. The maximum atomic E-state index is 6.02. The molecule has 1 fully saturated rings. The highest BCUT2D eigenvalue weighted by Crippen LogP contribution is 2.28. The van der Waals surface area contributed by atoms with Crippen LogP contribution in [0.4, 0.5) is 11.5 Å². The zero-order chi connectivity index (χ0) is 14.7. The molecule has 0 aliphatic carbocycles. The van der Waals surface area contributed by atoms with Crippen molar-refractivity contribution in [3.05, 3.63) is 53.2 Å². The van der Waals surface area contributed by atoms with E-state index in [4.69, 9.17) is 17.3 Å². The summed E-state index contributed by atoms with van der Waals surface area (Å²) in [5, 5.41) is 0.505. The fraction of sp³-hybridized carbons (Fsp3) is 0.353. The van der Waals surface area contributed by atoms with Crippen LogP contribution in [-0.2, 0) is 6.42 Å². The molecule has 0 spiro atoms. The van der Waals surface area contributed by atoms with Gasteiger partial charge in [0.1, 0.15) is 5.15 Å². The molecule has 1 saturated heterocycles. The maximum Gasteiger partial charge on any atom is 0.153 e. The zero-order valence-electron chi connectivity index (χ0n) is 12.0. The van der Waals surface area contributed by atoms with Crippen LogP contribution in [0, 0.1) is 5.92 Å². The van der Waals surface area contributed by atoms with Crippen LogP contribution in [0.5, 0.6) is 0 Å². The lowest BCUT2D eigenvalue weighted by atomic mass is 9.90. The van der Waals surface area contributed by atoms with E-state index in [0.29, 0.717) is 10.8 Å². The van der Waals surface area contributed by atoms with Crippen LogP contribution in [0.25, 0.3) is 0 Å². The summed E-state index contributed by atoms with van der Waals surface area (Å²) in [6.45, 7) is 1.99. The van der Waals surface area contributed by atoms with E-state index in [0.717, 1.165) is 31.2 Å². The number of aromatic nitrogens is 1. The minimum Gasteiger partial charge on any atom is -0.396 e. The van der Waals surface area contributed by atoms with Gasteiger partial charge in [-0.25, -0.2) is 4.98 Å². The summed E-state index contributed by atoms with van der Waals surface area (Å²) >= 11 is 5.98. The molecule has 1 aromatic heterocycles. The Bertz CT molecular complexity index is 592. The standard InChI is InChI=1S/C17H20ClN3/c18-16-7-6-15(19)17(20-16)21-10-8-14(9-11-21)12-13-4-2-1-3-5-13/h1-7,14H,8-12,19H2. The van der Waals surface area contributed by atoms with Gasteiger partial charge in [-0.1, -0.05) is 41.9 Å². The van der Waals surface area contributed by atoms with Gasteiger partial charge in [0.15, 0.2) is 5.82 Å². The van der Waals surface area contributed by atoms with Crippen LogP contribution in [0.2, 0.25) is 5.15 Å². The highest BCUT2D eigenvalue weighted by atomic mass is 35.5. The van der Waals surface area contributed by atoms with Gasteiger partial charge < -0.3 is 10.6 Å². The lowest BCUT2D eigenvalue weighted by Crippen LogP contribution is -2.35. The number of rotatable bonds is 3. The minimum atomic E-state index is 0.505. The summed E-state index contributed by atoms with van der Waals surface area (Å²) in [6, 6.07) is 14.3. The Labute approximate surface area is 130 Å². The summed E-state index contributed by atoms with van der Waals surface area (Å²) in [5.41, 5.74) is 8.15. The number of halogens is 1. The van der Waals surface area contributed by atoms with Crippen molar-refractivity contribution >= 4 is 23.1 Å². The van der Waals surface area contributed by atoms with Crippen LogP contribution < -0.4 is 10.6 Å². The molecular formula is C17H20ClN3. The Morgan fingerprint density at radius 1 is 1.10 bits per heavy atom. The van der Waals surface area contributed by atoms with E-state index < -0.39 is 0 Å². The molecule has 0 unspecified atom stereocenters. The monoisotopic (exact) mass is 301 g/mol. The molecule has 4 heteroatoms. The van der Waals surface area contributed by atoms with Gasteiger partial charge in [0.25, 0.3) is 0 Å². The molecule has 0 saturated carbocycles. The number of hydrogen-bond donors (Lipinski definition) is 1. The summed E-state index contributed by atoms with van der Waals surface area (Å²) in [6.07, 6.45) is 3.50. The quantitative estimate of drug-likeness (QED) is 0.877. The highest BCUT2D eigenvalue weighted by molar-refractivity contribution is 6.29. The molecule has 0 atom stereocenters. The van der Waals surface area contributed by atoms with E-state index in [1.165, 1.54) is 18.4 Å². The van der Waals surface area contributed by atoms with Gasteiger partial charge in [0.2, 0.25) is 0 Å². The molecule has 1 aliphatic rings. The van der Waals surface area contributed by atoms with Gasteiger partial charge in [-0.2, -0.15) is 0 Å². The molecule has 3 rings (SSSR count). The van der Waals surface area contributed by atoms with Crippen LogP contribution >= 0.6 is 11.6 Å². The zero-order valence-corrected chi connectivity index (χ0v) is 12.8. The van der Waals surface area contributed by atoms with E-state index in [-0.39, 0.29) is 0 Å². The average Bonchev–Trinajstić information content (AvgIpc) is 2.52.